The third-order valence-electron chi connectivity index (χ3n) is 4.31. The number of nitrogens with one attached hydrogen (secondary N) is 1. The number of aryl methyl sites for hydroxylation is 1. The molecule has 0 saturated heterocycles. The van der Waals surface area contributed by atoms with Gasteiger partial charge in [-0.2, -0.15) is 0 Å². The van der Waals surface area contributed by atoms with E-state index >= 15 is 0 Å². The lowest BCUT2D eigenvalue weighted by Crippen LogP contribution is -2.16. The highest BCUT2D eigenvalue weighted by molar-refractivity contribution is 7.14. The molecule has 1 aromatic heterocycles. The molecule has 0 bridgehead atoms. The van der Waals surface area contributed by atoms with Crippen molar-refractivity contribution in [1.82, 2.24) is 4.90 Å². The first-order chi connectivity index (χ1) is 11.0. The number of carbonyl (C=O) groups is 1. The fourth-order valence-electron chi connectivity index (χ4n) is 3.12. The van der Waals surface area contributed by atoms with Crippen molar-refractivity contribution < 1.29 is 4.79 Å². The number of rotatable bonds is 4. The van der Waals surface area contributed by atoms with E-state index in [1.165, 1.54) is 16.9 Å². The molecule has 0 fully saturated rings. The van der Waals surface area contributed by atoms with E-state index in [1.54, 1.807) is 11.3 Å². The highest BCUT2D eigenvalue weighted by Gasteiger charge is 2.21. The number of thiophene rings is 1. The van der Waals surface area contributed by atoms with Crippen molar-refractivity contribution in [2.24, 2.45) is 5.92 Å². The lowest BCUT2D eigenvalue weighted by atomic mass is 9.90. The van der Waals surface area contributed by atoms with E-state index in [9.17, 15) is 4.79 Å². The first kappa shape index (κ1) is 16.2. The summed E-state index contributed by atoms with van der Waals surface area (Å²) in [5, 5.41) is 3.10. The van der Waals surface area contributed by atoms with Gasteiger partial charge < -0.3 is 10.2 Å². The highest BCUT2D eigenvalue weighted by atomic mass is 32.1. The second-order valence-electron chi connectivity index (χ2n) is 6.76. The average molecular weight is 328 g/mol. The Labute approximate surface area is 142 Å². The van der Waals surface area contributed by atoms with Crippen LogP contribution in [0, 0.1) is 5.92 Å². The summed E-state index contributed by atoms with van der Waals surface area (Å²) in [5.41, 5.74) is 3.42. The molecule has 2 aromatic rings. The third kappa shape index (κ3) is 3.82. The Morgan fingerprint density at radius 2 is 2.13 bits per heavy atom. The molecule has 1 aliphatic rings. The van der Waals surface area contributed by atoms with Crippen molar-refractivity contribution in [1.29, 1.82) is 0 Å². The molecule has 3 nitrogen and oxygen atoms in total. The van der Waals surface area contributed by atoms with Crippen molar-refractivity contribution in [2.75, 3.05) is 19.4 Å². The van der Waals surface area contributed by atoms with Gasteiger partial charge in [0.2, 0.25) is 0 Å². The molecular formula is C19H24N2OS. The first-order valence-corrected chi connectivity index (χ1v) is 9.00. The molecule has 0 saturated carbocycles. The van der Waals surface area contributed by atoms with Gasteiger partial charge in [0.05, 0.1) is 4.88 Å². The van der Waals surface area contributed by atoms with Gasteiger partial charge in [0.15, 0.2) is 0 Å². The van der Waals surface area contributed by atoms with Crippen molar-refractivity contribution in [2.45, 2.75) is 32.7 Å². The number of carbonyl (C=O) groups excluding carboxylic acids is 1. The van der Waals surface area contributed by atoms with Gasteiger partial charge in [-0.05, 0) is 62.5 Å². The maximum atomic E-state index is 12.6. The molecule has 0 radical (unpaired) electrons. The van der Waals surface area contributed by atoms with E-state index in [1.807, 2.05) is 32.3 Å². The molecule has 0 unspecified atom stereocenters. The maximum Gasteiger partial charge on any atom is 0.265 e. The first-order valence-electron chi connectivity index (χ1n) is 8.18. The summed E-state index contributed by atoms with van der Waals surface area (Å²) in [6.45, 7) is 3.10. The zero-order chi connectivity index (χ0) is 16.4. The molecule has 1 heterocycles. The van der Waals surface area contributed by atoms with Gasteiger partial charge in [-0.15, -0.1) is 11.3 Å². The minimum atomic E-state index is 0.0169. The smallest absolute Gasteiger partial charge is 0.265 e. The predicted octanol–water partition coefficient (Wildman–Crippen LogP) is 4.19. The van der Waals surface area contributed by atoms with E-state index in [2.05, 4.69) is 29.3 Å². The van der Waals surface area contributed by atoms with Gasteiger partial charge in [-0.25, -0.2) is 0 Å². The molecule has 122 valence electrons. The summed E-state index contributed by atoms with van der Waals surface area (Å²) in [7, 11) is 4.07. The van der Waals surface area contributed by atoms with Crippen molar-refractivity contribution in [3.8, 4) is 0 Å². The summed E-state index contributed by atoms with van der Waals surface area (Å²) < 4.78 is 0. The van der Waals surface area contributed by atoms with Crippen LogP contribution >= 0.6 is 11.3 Å². The summed E-state index contributed by atoms with van der Waals surface area (Å²) in [4.78, 5) is 17.0. The molecular weight excluding hydrogens is 304 g/mol. The van der Waals surface area contributed by atoms with Gasteiger partial charge in [0.25, 0.3) is 5.91 Å². The highest BCUT2D eigenvalue weighted by Crippen LogP contribution is 2.32. The molecule has 1 amide bonds. The molecule has 0 aliphatic heterocycles. The summed E-state index contributed by atoms with van der Waals surface area (Å²) in [5.74, 6) is 0.747. The van der Waals surface area contributed by atoms with E-state index in [4.69, 9.17) is 0 Å². The number of fused-ring (bicyclic) bond motifs is 1. The van der Waals surface area contributed by atoms with Crippen molar-refractivity contribution >= 4 is 22.9 Å². The zero-order valence-electron chi connectivity index (χ0n) is 14.1. The Kier molecular flexibility index (Phi) is 4.83. The summed E-state index contributed by atoms with van der Waals surface area (Å²) in [6.07, 6.45) is 3.46. The second kappa shape index (κ2) is 6.85. The number of hydrogen-bond acceptors (Lipinski definition) is 3. The van der Waals surface area contributed by atoms with E-state index in [0.717, 1.165) is 41.4 Å². The Morgan fingerprint density at radius 3 is 2.91 bits per heavy atom. The van der Waals surface area contributed by atoms with Crippen molar-refractivity contribution in [3.05, 3.63) is 51.2 Å². The van der Waals surface area contributed by atoms with Crippen LogP contribution in [0.25, 0.3) is 0 Å². The quantitative estimate of drug-likeness (QED) is 0.913. The van der Waals surface area contributed by atoms with Crippen LogP contribution in [-0.4, -0.2) is 24.9 Å². The fourth-order valence-corrected chi connectivity index (χ4v) is 4.23. The Bertz CT molecular complexity index is 705. The van der Waals surface area contributed by atoms with Crippen LogP contribution in [0.5, 0.6) is 0 Å². The molecule has 1 aromatic carbocycles. The predicted molar refractivity (Wildman–Crippen MR) is 97.3 cm³/mol. The lowest BCUT2D eigenvalue weighted by Gasteiger charge is -2.16. The molecule has 4 heteroatoms. The number of benzene rings is 1. The SMILES string of the molecule is C[C@@H]1CCc2sc(C(=O)Nc3ccccc3CN(C)C)cc2C1. The topological polar surface area (TPSA) is 32.3 Å². The number of para-hydroxylation sites is 1. The van der Waals surface area contributed by atoms with Gasteiger partial charge in [0, 0.05) is 17.1 Å². The van der Waals surface area contributed by atoms with Crippen LogP contribution in [0.4, 0.5) is 5.69 Å². The van der Waals surface area contributed by atoms with E-state index in [0.29, 0.717) is 0 Å². The van der Waals surface area contributed by atoms with Gasteiger partial charge in [-0.1, -0.05) is 25.1 Å². The summed E-state index contributed by atoms with van der Waals surface area (Å²) >= 11 is 1.66. The van der Waals surface area contributed by atoms with Gasteiger partial charge in [-0.3, -0.25) is 4.79 Å². The number of nitrogens with zero attached hydrogens (tertiary/aromatic N) is 1. The second-order valence-corrected chi connectivity index (χ2v) is 7.89. The monoisotopic (exact) mass is 328 g/mol. The normalized spacial score (nSPS) is 17.1. The molecule has 3 rings (SSSR count). The average Bonchev–Trinajstić information content (AvgIpc) is 2.92. The van der Waals surface area contributed by atoms with Gasteiger partial charge in [0.1, 0.15) is 0 Å². The van der Waals surface area contributed by atoms with Crippen LogP contribution < -0.4 is 5.32 Å². The van der Waals surface area contributed by atoms with Gasteiger partial charge >= 0.3 is 0 Å². The number of anilines is 1. The lowest BCUT2D eigenvalue weighted by molar-refractivity contribution is 0.103. The Morgan fingerprint density at radius 1 is 1.35 bits per heavy atom. The van der Waals surface area contributed by atoms with E-state index < -0.39 is 0 Å². The minimum absolute atomic E-state index is 0.0169. The molecule has 23 heavy (non-hydrogen) atoms. The number of hydrogen-bond donors (Lipinski definition) is 1. The molecule has 1 N–H and O–H groups in total. The Hall–Kier alpha value is -1.65. The minimum Gasteiger partial charge on any atom is -0.321 e. The van der Waals surface area contributed by atoms with E-state index in [-0.39, 0.29) is 5.91 Å². The Balaban J connectivity index is 1.78. The zero-order valence-corrected chi connectivity index (χ0v) is 14.9. The molecule has 1 aliphatic carbocycles. The van der Waals surface area contributed by atoms with Crippen molar-refractivity contribution in [3.63, 3.8) is 0 Å². The largest absolute Gasteiger partial charge is 0.321 e. The fraction of sp³-hybridized carbons (Fsp3) is 0.421. The van der Waals surface area contributed by atoms with Crippen LogP contribution in [0.1, 0.15) is 39.0 Å². The number of amides is 1. The maximum absolute atomic E-state index is 12.6. The molecule has 1 atom stereocenters. The van der Waals surface area contributed by atoms with Crippen LogP contribution in [0.3, 0.4) is 0 Å². The standard InChI is InChI=1S/C19H24N2OS/c1-13-8-9-17-15(10-13)11-18(23-17)19(22)20-16-7-5-4-6-14(16)12-21(2)3/h4-7,11,13H,8-10,12H2,1-3H3,(H,20,22)/t13-/m1/s1. The van der Waals surface area contributed by atoms with Crippen LogP contribution in [0.15, 0.2) is 30.3 Å². The third-order valence-corrected chi connectivity index (χ3v) is 5.54. The van der Waals surface area contributed by atoms with Crippen LogP contribution in [0.2, 0.25) is 0 Å². The van der Waals surface area contributed by atoms with Crippen LogP contribution in [-0.2, 0) is 19.4 Å². The summed E-state index contributed by atoms with van der Waals surface area (Å²) in [6, 6.07) is 10.1. The molecule has 0 spiro atoms.